The molecule has 0 heterocycles. The molecular formula is C30H21BO3. The summed E-state index contributed by atoms with van der Waals surface area (Å²) in [6.45, 7) is 0. The van der Waals surface area contributed by atoms with Crippen LogP contribution in [0.25, 0.3) is 54.6 Å². The second kappa shape index (κ2) is 8.34. The lowest BCUT2D eigenvalue weighted by molar-refractivity contribution is 0.288. The summed E-state index contributed by atoms with van der Waals surface area (Å²) in [5.41, 5.74) is 4.46. The lowest BCUT2D eigenvalue weighted by Crippen LogP contribution is -2.20. The van der Waals surface area contributed by atoms with Gasteiger partial charge in [-0.25, -0.2) is 0 Å². The molecule has 3 nitrogen and oxygen atoms in total. The second-order valence-electron chi connectivity index (χ2n) is 8.34. The van der Waals surface area contributed by atoms with E-state index in [1.165, 1.54) is 32.7 Å². The van der Waals surface area contributed by atoms with Crippen molar-refractivity contribution in [2.45, 2.75) is 0 Å². The average molecular weight is 440 g/mol. The first-order valence-corrected chi connectivity index (χ1v) is 11.3. The van der Waals surface area contributed by atoms with Crippen LogP contribution < -0.4 is 4.65 Å². The van der Waals surface area contributed by atoms with Crippen LogP contribution in [0.5, 0.6) is 5.75 Å². The molecule has 4 heteroatoms. The van der Waals surface area contributed by atoms with Gasteiger partial charge in [0.25, 0.3) is 0 Å². The zero-order valence-corrected chi connectivity index (χ0v) is 18.3. The summed E-state index contributed by atoms with van der Waals surface area (Å²) < 4.78 is 5.15. The van der Waals surface area contributed by atoms with Gasteiger partial charge < -0.3 is 14.7 Å². The Kier molecular flexibility index (Phi) is 5.03. The van der Waals surface area contributed by atoms with Gasteiger partial charge >= 0.3 is 7.32 Å². The molecular weight excluding hydrogens is 419 g/mol. The van der Waals surface area contributed by atoms with Crippen molar-refractivity contribution in [1.29, 1.82) is 0 Å². The molecule has 0 radical (unpaired) electrons. The summed E-state index contributed by atoms with van der Waals surface area (Å²) in [5.74, 6) is 0.402. The summed E-state index contributed by atoms with van der Waals surface area (Å²) in [5, 5.41) is 25.6. The summed E-state index contributed by atoms with van der Waals surface area (Å²) in [4.78, 5) is 0. The quantitative estimate of drug-likeness (QED) is 0.233. The zero-order chi connectivity index (χ0) is 23.1. The number of hydrogen-bond acceptors (Lipinski definition) is 3. The number of hydrogen-bond donors (Lipinski definition) is 2. The molecule has 0 aliphatic heterocycles. The molecule has 0 bridgehead atoms. The van der Waals surface area contributed by atoms with Crippen molar-refractivity contribution in [3.63, 3.8) is 0 Å². The Bertz CT molecular complexity index is 1610. The van der Waals surface area contributed by atoms with Crippen molar-refractivity contribution in [3.05, 3.63) is 115 Å². The fraction of sp³-hybridized carbons (Fsp3) is 0. The topological polar surface area (TPSA) is 49.7 Å². The first kappa shape index (κ1) is 20.5. The van der Waals surface area contributed by atoms with Gasteiger partial charge in [0.1, 0.15) is 5.75 Å². The van der Waals surface area contributed by atoms with Gasteiger partial charge in [0.05, 0.1) is 0 Å². The van der Waals surface area contributed by atoms with E-state index in [2.05, 4.69) is 91.0 Å². The van der Waals surface area contributed by atoms with Gasteiger partial charge in [-0.1, -0.05) is 103 Å². The molecule has 0 fully saturated rings. The van der Waals surface area contributed by atoms with Crippen LogP contribution in [0.3, 0.4) is 0 Å². The van der Waals surface area contributed by atoms with E-state index in [9.17, 15) is 10.0 Å². The first-order valence-electron chi connectivity index (χ1n) is 11.3. The van der Waals surface area contributed by atoms with Crippen molar-refractivity contribution in [2.24, 2.45) is 0 Å². The predicted molar refractivity (Wildman–Crippen MR) is 141 cm³/mol. The van der Waals surface area contributed by atoms with E-state index < -0.39 is 7.32 Å². The van der Waals surface area contributed by atoms with Gasteiger partial charge in [-0.05, 0) is 66.7 Å². The largest absolute Gasteiger partial charge is 0.707 e. The van der Waals surface area contributed by atoms with E-state index in [-0.39, 0.29) is 0 Å². The lowest BCUT2D eigenvalue weighted by atomic mass is 9.85. The molecule has 6 rings (SSSR count). The molecule has 0 aliphatic carbocycles. The van der Waals surface area contributed by atoms with Gasteiger partial charge in [0.2, 0.25) is 0 Å². The van der Waals surface area contributed by atoms with Crippen molar-refractivity contribution in [2.75, 3.05) is 0 Å². The smallest absolute Gasteiger partial charge is 0.512 e. The number of rotatable bonds is 4. The fourth-order valence-electron chi connectivity index (χ4n) is 5.02. The van der Waals surface area contributed by atoms with Crippen LogP contribution in [0, 0.1) is 0 Å². The highest BCUT2D eigenvalue weighted by molar-refractivity contribution is 6.33. The minimum Gasteiger partial charge on any atom is -0.512 e. The molecule has 0 saturated carbocycles. The Hall–Kier alpha value is -4.12. The SMILES string of the molecule is OB(O)Oc1cccc(-c2c3ccccc3c(-c3cccc4ccccc34)c3ccccc23)c1. The van der Waals surface area contributed by atoms with E-state index >= 15 is 0 Å². The molecule has 0 spiro atoms. The Morgan fingerprint density at radius 2 is 1.03 bits per heavy atom. The molecule has 0 aliphatic rings. The standard InChI is InChI=1S/C30H21BO3/c32-31(33)34-22-12-7-11-21(19-22)29-25-14-3-5-16-27(25)30(28-17-6-4-15-26(28)29)24-18-8-10-20-9-1-2-13-23(20)24/h1-19,32-33H. The van der Waals surface area contributed by atoms with Crippen LogP contribution in [0.4, 0.5) is 0 Å². The molecule has 0 aromatic heterocycles. The summed E-state index contributed by atoms with van der Waals surface area (Å²) in [7, 11) is -1.86. The van der Waals surface area contributed by atoms with Crippen LogP contribution in [0.15, 0.2) is 115 Å². The third kappa shape index (κ3) is 3.41. The van der Waals surface area contributed by atoms with Crippen molar-refractivity contribution in [3.8, 4) is 28.0 Å². The summed E-state index contributed by atoms with van der Waals surface area (Å²) >= 11 is 0. The third-order valence-electron chi connectivity index (χ3n) is 6.35. The number of benzene rings is 6. The van der Waals surface area contributed by atoms with Crippen LogP contribution in [0.2, 0.25) is 0 Å². The van der Waals surface area contributed by atoms with Crippen LogP contribution in [-0.2, 0) is 0 Å². The maximum absolute atomic E-state index is 9.29. The Morgan fingerprint density at radius 3 is 1.68 bits per heavy atom. The second-order valence-corrected chi connectivity index (χ2v) is 8.34. The highest BCUT2D eigenvalue weighted by Crippen LogP contribution is 2.45. The molecule has 6 aromatic rings. The zero-order valence-electron chi connectivity index (χ0n) is 18.3. The molecule has 0 unspecified atom stereocenters. The highest BCUT2D eigenvalue weighted by atomic mass is 16.6. The molecule has 34 heavy (non-hydrogen) atoms. The maximum Gasteiger partial charge on any atom is 0.707 e. The molecule has 162 valence electrons. The van der Waals surface area contributed by atoms with E-state index in [4.69, 9.17) is 4.65 Å². The van der Waals surface area contributed by atoms with Crippen molar-refractivity contribution in [1.82, 2.24) is 0 Å². The number of fused-ring (bicyclic) bond motifs is 3. The van der Waals surface area contributed by atoms with Gasteiger partial charge in [0, 0.05) is 0 Å². The molecule has 0 saturated heterocycles. The van der Waals surface area contributed by atoms with Crippen molar-refractivity contribution < 1.29 is 14.7 Å². The van der Waals surface area contributed by atoms with Gasteiger partial charge in [0.15, 0.2) is 0 Å². The van der Waals surface area contributed by atoms with Crippen LogP contribution >= 0.6 is 0 Å². The minimum absolute atomic E-state index is 0.402. The van der Waals surface area contributed by atoms with E-state index in [0.717, 1.165) is 21.9 Å². The highest BCUT2D eigenvalue weighted by Gasteiger charge is 2.18. The Morgan fingerprint density at radius 1 is 0.500 bits per heavy atom. The fourth-order valence-corrected chi connectivity index (χ4v) is 5.02. The first-order chi connectivity index (χ1) is 16.7. The normalized spacial score (nSPS) is 11.2. The Labute approximate surface area is 197 Å². The molecule has 2 N–H and O–H groups in total. The summed E-state index contributed by atoms with van der Waals surface area (Å²) in [6, 6.07) is 39.4. The van der Waals surface area contributed by atoms with E-state index in [1.807, 2.05) is 18.2 Å². The van der Waals surface area contributed by atoms with Gasteiger partial charge in [-0.15, -0.1) is 0 Å². The molecule has 6 aromatic carbocycles. The molecule has 0 atom stereocenters. The van der Waals surface area contributed by atoms with Crippen molar-refractivity contribution >= 4 is 39.6 Å². The molecule has 0 amide bonds. The minimum atomic E-state index is -1.86. The monoisotopic (exact) mass is 440 g/mol. The van der Waals surface area contributed by atoms with Crippen LogP contribution in [0.1, 0.15) is 0 Å². The Balaban J connectivity index is 1.74. The average Bonchev–Trinajstić information content (AvgIpc) is 2.87. The van der Waals surface area contributed by atoms with Crippen LogP contribution in [-0.4, -0.2) is 17.4 Å². The predicted octanol–water partition coefficient (Wildman–Crippen LogP) is 6.83. The van der Waals surface area contributed by atoms with Gasteiger partial charge in [-0.2, -0.15) is 0 Å². The van der Waals surface area contributed by atoms with Gasteiger partial charge in [-0.3, -0.25) is 0 Å². The van der Waals surface area contributed by atoms with E-state index in [0.29, 0.717) is 5.75 Å². The lowest BCUT2D eigenvalue weighted by Gasteiger charge is -2.19. The maximum atomic E-state index is 9.29. The van der Waals surface area contributed by atoms with E-state index in [1.54, 1.807) is 6.07 Å². The third-order valence-corrected chi connectivity index (χ3v) is 6.35. The summed E-state index contributed by atoms with van der Waals surface area (Å²) in [6.07, 6.45) is 0.